The molecule has 0 bridgehead atoms. The third-order valence-electron chi connectivity index (χ3n) is 5.79. The third-order valence-corrected chi connectivity index (χ3v) is 6.83. The standard InChI is InChI=1S/C27H26N4O3S/c1-17-4-9-21(10-5-17)25-29-30-27(31(25)22-11-6-18(2)7-12-22)35-19(3)26(32)28-15-20-8-13-23-24(14-20)34-16-33-23/h4-14,19H,15-16H2,1-3H3,(H,28,32). The molecule has 5 rings (SSSR count). The third kappa shape index (κ3) is 5.02. The number of ether oxygens (including phenoxy) is 2. The zero-order valence-corrected chi connectivity index (χ0v) is 20.6. The molecule has 3 aromatic carbocycles. The quantitative estimate of drug-likeness (QED) is 0.367. The molecule has 4 aromatic rings. The van der Waals surface area contributed by atoms with Gasteiger partial charge in [-0.05, 0) is 50.6 Å². The monoisotopic (exact) mass is 486 g/mol. The molecule has 1 unspecified atom stereocenters. The van der Waals surface area contributed by atoms with Gasteiger partial charge in [-0.3, -0.25) is 9.36 Å². The number of amides is 1. The number of hydrogen-bond acceptors (Lipinski definition) is 6. The van der Waals surface area contributed by atoms with Crippen molar-refractivity contribution in [1.29, 1.82) is 0 Å². The molecule has 0 fully saturated rings. The fraction of sp³-hybridized carbons (Fsp3) is 0.222. The second kappa shape index (κ2) is 9.84. The maximum atomic E-state index is 12.9. The summed E-state index contributed by atoms with van der Waals surface area (Å²) in [5.41, 5.74) is 5.22. The molecule has 1 aromatic heterocycles. The maximum Gasteiger partial charge on any atom is 0.233 e. The second-order valence-electron chi connectivity index (χ2n) is 8.51. The molecule has 8 heteroatoms. The van der Waals surface area contributed by atoms with E-state index in [1.54, 1.807) is 0 Å². The molecule has 1 aliphatic rings. The Kier molecular flexibility index (Phi) is 6.46. The van der Waals surface area contributed by atoms with Crippen LogP contribution in [0, 0.1) is 13.8 Å². The first-order valence-corrected chi connectivity index (χ1v) is 12.3. The average Bonchev–Trinajstić information content (AvgIpc) is 3.50. The van der Waals surface area contributed by atoms with Gasteiger partial charge in [0.05, 0.1) is 5.25 Å². The van der Waals surface area contributed by atoms with Crippen molar-refractivity contribution in [3.8, 4) is 28.6 Å². The van der Waals surface area contributed by atoms with E-state index < -0.39 is 0 Å². The number of aromatic nitrogens is 3. The van der Waals surface area contributed by atoms with E-state index in [1.165, 1.54) is 22.9 Å². The second-order valence-corrected chi connectivity index (χ2v) is 9.82. The van der Waals surface area contributed by atoms with Gasteiger partial charge in [0.15, 0.2) is 22.5 Å². The zero-order valence-electron chi connectivity index (χ0n) is 19.8. The van der Waals surface area contributed by atoms with Crippen LogP contribution in [0.25, 0.3) is 17.1 Å². The molecule has 0 radical (unpaired) electrons. The first-order chi connectivity index (χ1) is 17.0. The lowest BCUT2D eigenvalue weighted by Crippen LogP contribution is -2.30. The predicted octanol–water partition coefficient (Wildman–Crippen LogP) is 5.08. The smallest absolute Gasteiger partial charge is 0.233 e. The van der Waals surface area contributed by atoms with Gasteiger partial charge in [0, 0.05) is 17.8 Å². The van der Waals surface area contributed by atoms with E-state index in [1.807, 2.05) is 54.0 Å². The lowest BCUT2D eigenvalue weighted by Gasteiger charge is -2.14. The molecule has 35 heavy (non-hydrogen) atoms. The molecule has 7 nitrogen and oxygen atoms in total. The van der Waals surface area contributed by atoms with Gasteiger partial charge in [-0.2, -0.15) is 0 Å². The largest absolute Gasteiger partial charge is 0.454 e. The molecule has 0 aliphatic carbocycles. The summed E-state index contributed by atoms with van der Waals surface area (Å²) in [7, 11) is 0. The van der Waals surface area contributed by atoms with Gasteiger partial charge in [0.1, 0.15) is 0 Å². The van der Waals surface area contributed by atoms with Crippen LogP contribution in [0.4, 0.5) is 0 Å². The van der Waals surface area contributed by atoms with Crippen LogP contribution >= 0.6 is 11.8 Å². The number of nitrogens with one attached hydrogen (secondary N) is 1. The number of benzene rings is 3. The average molecular weight is 487 g/mol. The number of hydrogen-bond donors (Lipinski definition) is 1. The van der Waals surface area contributed by atoms with Crippen molar-refractivity contribution in [3.63, 3.8) is 0 Å². The first-order valence-electron chi connectivity index (χ1n) is 11.4. The highest BCUT2D eigenvalue weighted by Crippen LogP contribution is 2.33. The van der Waals surface area contributed by atoms with Gasteiger partial charge in [-0.15, -0.1) is 10.2 Å². The minimum Gasteiger partial charge on any atom is -0.454 e. The van der Waals surface area contributed by atoms with E-state index in [0.29, 0.717) is 17.5 Å². The van der Waals surface area contributed by atoms with Crippen LogP contribution < -0.4 is 14.8 Å². The number of nitrogens with zero attached hydrogens (tertiary/aromatic N) is 3. The Hall–Kier alpha value is -3.78. The number of rotatable bonds is 7. The van der Waals surface area contributed by atoms with Crippen LogP contribution in [0.1, 0.15) is 23.6 Å². The highest BCUT2D eigenvalue weighted by molar-refractivity contribution is 8.00. The topological polar surface area (TPSA) is 78.3 Å². The molecule has 0 spiro atoms. The van der Waals surface area contributed by atoms with Crippen molar-refractivity contribution >= 4 is 17.7 Å². The van der Waals surface area contributed by atoms with E-state index in [4.69, 9.17) is 9.47 Å². The van der Waals surface area contributed by atoms with Gasteiger partial charge in [0.2, 0.25) is 12.7 Å². The summed E-state index contributed by atoms with van der Waals surface area (Å²) >= 11 is 1.38. The fourth-order valence-corrected chi connectivity index (χ4v) is 4.65. The Labute approximate surface area is 208 Å². The minimum atomic E-state index is -0.372. The van der Waals surface area contributed by atoms with Gasteiger partial charge in [-0.25, -0.2) is 0 Å². The highest BCUT2D eigenvalue weighted by Gasteiger charge is 2.22. The van der Waals surface area contributed by atoms with Gasteiger partial charge >= 0.3 is 0 Å². The van der Waals surface area contributed by atoms with Gasteiger partial charge < -0.3 is 14.8 Å². The SMILES string of the molecule is Cc1ccc(-c2nnc(SC(C)C(=O)NCc3ccc4c(c3)OCO4)n2-c2ccc(C)cc2)cc1. The molecular formula is C27H26N4O3S. The van der Waals surface area contributed by atoms with Crippen LogP contribution in [0.15, 0.2) is 71.9 Å². The van der Waals surface area contributed by atoms with E-state index in [0.717, 1.165) is 28.4 Å². The Morgan fingerprint density at radius 2 is 1.66 bits per heavy atom. The normalized spacial score (nSPS) is 13.0. The molecule has 0 saturated carbocycles. The summed E-state index contributed by atoms with van der Waals surface area (Å²) in [6.45, 7) is 6.61. The molecular weight excluding hydrogens is 460 g/mol. The highest BCUT2D eigenvalue weighted by atomic mass is 32.2. The number of carbonyl (C=O) groups excluding carboxylic acids is 1. The fourth-order valence-electron chi connectivity index (χ4n) is 3.76. The van der Waals surface area contributed by atoms with E-state index >= 15 is 0 Å². The Bertz CT molecular complexity index is 1350. The van der Waals surface area contributed by atoms with Crippen molar-refractivity contribution in [2.24, 2.45) is 0 Å². The molecule has 178 valence electrons. The Balaban J connectivity index is 1.35. The van der Waals surface area contributed by atoms with E-state index in [2.05, 4.69) is 53.6 Å². The number of thioether (sulfide) groups is 1. The van der Waals surface area contributed by atoms with Crippen LogP contribution in [0.3, 0.4) is 0 Å². The minimum absolute atomic E-state index is 0.0805. The zero-order chi connectivity index (χ0) is 24.4. The van der Waals surface area contributed by atoms with E-state index in [9.17, 15) is 4.79 Å². The first kappa shape index (κ1) is 23.0. The van der Waals surface area contributed by atoms with Gasteiger partial charge in [0.25, 0.3) is 0 Å². The van der Waals surface area contributed by atoms with Crippen molar-refractivity contribution in [1.82, 2.24) is 20.1 Å². The number of fused-ring (bicyclic) bond motifs is 1. The predicted molar refractivity (Wildman–Crippen MR) is 136 cm³/mol. The maximum absolute atomic E-state index is 12.9. The summed E-state index contributed by atoms with van der Waals surface area (Å²) in [5.74, 6) is 2.09. The summed E-state index contributed by atoms with van der Waals surface area (Å²) < 4.78 is 12.8. The van der Waals surface area contributed by atoms with Crippen LogP contribution in [-0.2, 0) is 11.3 Å². The Morgan fingerprint density at radius 3 is 2.40 bits per heavy atom. The summed E-state index contributed by atoms with van der Waals surface area (Å²) in [6.07, 6.45) is 0. The number of carbonyl (C=O) groups is 1. The lowest BCUT2D eigenvalue weighted by atomic mass is 10.1. The van der Waals surface area contributed by atoms with E-state index in [-0.39, 0.29) is 18.0 Å². The van der Waals surface area contributed by atoms with Crippen LogP contribution in [0.2, 0.25) is 0 Å². The molecule has 1 atom stereocenters. The molecule has 2 heterocycles. The summed E-state index contributed by atoms with van der Waals surface area (Å²) in [4.78, 5) is 12.9. The number of aryl methyl sites for hydroxylation is 2. The molecule has 1 N–H and O–H groups in total. The molecule has 1 aliphatic heterocycles. The van der Waals surface area contributed by atoms with Crippen molar-refractivity contribution in [3.05, 3.63) is 83.4 Å². The van der Waals surface area contributed by atoms with Crippen LogP contribution in [-0.4, -0.2) is 32.7 Å². The van der Waals surface area contributed by atoms with Crippen molar-refractivity contribution in [2.75, 3.05) is 6.79 Å². The Morgan fingerprint density at radius 1 is 0.971 bits per heavy atom. The van der Waals surface area contributed by atoms with Crippen molar-refractivity contribution < 1.29 is 14.3 Å². The lowest BCUT2D eigenvalue weighted by molar-refractivity contribution is -0.120. The summed E-state index contributed by atoms with van der Waals surface area (Å²) in [5, 5.41) is 12.2. The van der Waals surface area contributed by atoms with Crippen LogP contribution in [0.5, 0.6) is 11.5 Å². The summed E-state index contributed by atoms with van der Waals surface area (Å²) in [6, 6.07) is 22.1. The molecule has 0 saturated heterocycles. The van der Waals surface area contributed by atoms with Gasteiger partial charge in [-0.1, -0.05) is 65.4 Å². The molecule has 1 amide bonds. The van der Waals surface area contributed by atoms with Crippen molar-refractivity contribution in [2.45, 2.75) is 37.7 Å².